The Kier molecular flexibility index (Phi) is 9.73. The summed E-state index contributed by atoms with van der Waals surface area (Å²) in [7, 11) is -2.94. The van der Waals surface area contributed by atoms with E-state index in [9.17, 15) is 8.42 Å². The van der Waals surface area contributed by atoms with Crippen molar-refractivity contribution in [1.82, 2.24) is 10.2 Å². The number of sulfone groups is 1. The zero-order valence-corrected chi connectivity index (χ0v) is 15.5. The molecule has 1 fully saturated rings. The van der Waals surface area contributed by atoms with Crippen molar-refractivity contribution in [1.29, 1.82) is 0 Å². The summed E-state index contributed by atoms with van der Waals surface area (Å²) in [5.41, 5.74) is 5.74. The third kappa shape index (κ3) is 7.07. The smallest absolute Gasteiger partial charge is 0.188 e. The van der Waals surface area contributed by atoms with Crippen LogP contribution in [0.5, 0.6) is 0 Å². The van der Waals surface area contributed by atoms with E-state index in [2.05, 4.69) is 22.1 Å². The van der Waals surface area contributed by atoms with Crippen molar-refractivity contribution in [3.8, 4) is 0 Å². The van der Waals surface area contributed by atoms with Crippen LogP contribution < -0.4 is 11.1 Å². The Bertz CT molecular complexity index is 400. The first-order valence-corrected chi connectivity index (χ1v) is 8.79. The molecular weight excluding hydrogens is 391 g/mol. The van der Waals surface area contributed by atoms with Crippen LogP contribution in [0.1, 0.15) is 26.7 Å². The second-order valence-electron chi connectivity index (χ2n) is 4.81. The molecular formula is C12H27IN4O2S. The highest BCUT2D eigenvalue weighted by Gasteiger charge is 2.22. The van der Waals surface area contributed by atoms with Gasteiger partial charge in [-0.3, -0.25) is 9.89 Å². The van der Waals surface area contributed by atoms with E-state index < -0.39 is 9.84 Å². The summed E-state index contributed by atoms with van der Waals surface area (Å²) in [4.78, 5) is 6.70. The maximum atomic E-state index is 11.3. The van der Waals surface area contributed by atoms with Gasteiger partial charge in [-0.05, 0) is 25.9 Å². The van der Waals surface area contributed by atoms with Gasteiger partial charge in [0.2, 0.25) is 0 Å². The van der Waals surface area contributed by atoms with Crippen molar-refractivity contribution in [2.45, 2.75) is 32.7 Å². The summed E-state index contributed by atoms with van der Waals surface area (Å²) in [6.07, 6.45) is 2.38. The molecule has 1 atom stereocenters. The van der Waals surface area contributed by atoms with Crippen molar-refractivity contribution in [3.63, 3.8) is 0 Å². The molecule has 120 valence electrons. The lowest BCUT2D eigenvalue weighted by atomic mass is 10.2. The third-order valence-corrected chi connectivity index (χ3v) is 5.24. The summed E-state index contributed by atoms with van der Waals surface area (Å²) in [6, 6.07) is 0.477. The molecule has 0 aliphatic carbocycles. The van der Waals surface area contributed by atoms with Crippen molar-refractivity contribution in [2.75, 3.05) is 37.7 Å². The number of halogens is 1. The van der Waals surface area contributed by atoms with Gasteiger partial charge in [-0.2, -0.15) is 0 Å². The van der Waals surface area contributed by atoms with Crippen LogP contribution in [0.2, 0.25) is 0 Å². The molecule has 0 spiro atoms. The van der Waals surface area contributed by atoms with Gasteiger partial charge in [0.15, 0.2) is 15.8 Å². The molecule has 0 saturated carbocycles. The fraction of sp³-hybridized carbons (Fsp3) is 0.917. The lowest BCUT2D eigenvalue weighted by Crippen LogP contribution is -2.37. The molecule has 1 aliphatic rings. The van der Waals surface area contributed by atoms with Gasteiger partial charge in [0.1, 0.15) is 0 Å². The first-order chi connectivity index (χ1) is 8.98. The Labute approximate surface area is 139 Å². The number of likely N-dealkylation sites (N-methyl/N-ethyl adjacent to an activating group) is 1. The number of nitrogens with one attached hydrogen (secondary N) is 1. The van der Waals surface area contributed by atoms with Crippen molar-refractivity contribution < 1.29 is 8.42 Å². The van der Waals surface area contributed by atoms with Crippen LogP contribution in [-0.4, -0.2) is 63.0 Å². The number of rotatable bonds is 7. The van der Waals surface area contributed by atoms with E-state index in [1.165, 1.54) is 6.42 Å². The van der Waals surface area contributed by atoms with Crippen LogP contribution >= 0.6 is 24.0 Å². The number of nitrogens with two attached hydrogens (primary N) is 1. The number of nitrogens with zero attached hydrogens (tertiary/aromatic N) is 2. The molecule has 0 amide bonds. The number of guanidine groups is 1. The minimum Gasteiger partial charge on any atom is -0.370 e. The highest BCUT2D eigenvalue weighted by Crippen LogP contribution is 2.16. The second kappa shape index (κ2) is 9.78. The second-order valence-corrected chi connectivity index (χ2v) is 7.29. The van der Waals surface area contributed by atoms with E-state index in [-0.39, 0.29) is 35.5 Å². The monoisotopic (exact) mass is 418 g/mol. The number of likely N-dealkylation sites (tertiary alicyclic amines) is 1. The van der Waals surface area contributed by atoms with E-state index in [0.717, 1.165) is 19.5 Å². The van der Waals surface area contributed by atoms with E-state index in [1.807, 2.05) is 0 Å². The number of hydrogen-bond acceptors (Lipinski definition) is 4. The Hall–Kier alpha value is -0.0900. The standard InChI is InChI=1S/C12H26N4O2S.HI/c1-3-16-8-5-6-11(16)10-15-12(13)14-7-9-19(17,18)4-2;/h11H,3-10H2,1-2H3,(H3,13,14,15);1H. The predicted octanol–water partition coefficient (Wildman–Crippen LogP) is 0.428. The summed E-state index contributed by atoms with van der Waals surface area (Å²) in [6.45, 7) is 6.99. The highest BCUT2D eigenvalue weighted by atomic mass is 127. The van der Waals surface area contributed by atoms with Crippen LogP contribution in [-0.2, 0) is 9.84 Å². The molecule has 0 radical (unpaired) electrons. The zero-order chi connectivity index (χ0) is 14.3. The molecule has 1 unspecified atom stereocenters. The third-order valence-electron chi connectivity index (χ3n) is 3.54. The van der Waals surface area contributed by atoms with E-state index >= 15 is 0 Å². The molecule has 1 rings (SSSR count). The van der Waals surface area contributed by atoms with Crippen molar-refractivity contribution >= 4 is 39.8 Å². The Morgan fingerprint density at radius 3 is 2.75 bits per heavy atom. The van der Waals surface area contributed by atoms with Crippen molar-refractivity contribution in [3.05, 3.63) is 0 Å². The van der Waals surface area contributed by atoms with Gasteiger partial charge in [0.25, 0.3) is 0 Å². The lowest BCUT2D eigenvalue weighted by Gasteiger charge is -2.20. The van der Waals surface area contributed by atoms with Gasteiger partial charge in [0, 0.05) is 18.3 Å². The van der Waals surface area contributed by atoms with Gasteiger partial charge in [-0.1, -0.05) is 13.8 Å². The van der Waals surface area contributed by atoms with Gasteiger partial charge in [0.05, 0.1) is 12.3 Å². The fourth-order valence-corrected chi connectivity index (χ4v) is 2.96. The van der Waals surface area contributed by atoms with Crippen LogP contribution in [0.4, 0.5) is 0 Å². The largest absolute Gasteiger partial charge is 0.370 e. The first-order valence-electron chi connectivity index (χ1n) is 6.96. The highest BCUT2D eigenvalue weighted by molar-refractivity contribution is 14.0. The molecule has 6 nitrogen and oxygen atoms in total. The average Bonchev–Trinajstić information content (AvgIpc) is 2.83. The molecule has 1 heterocycles. The molecule has 8 heteroatoms. The van der Waals surface area contributed by atoms with E-state index in [1.54, 1.807) is 6.92 Å². The maximum Gasteiger partial charge on any atom is 0.188 e. The van der Waals surface area contributed by atoms with E-state index in [0.29, 0.717) is 25.1 Å². The van der Waals surface area contributed by atoms with Crippen LogP contribution in [0.3, 0.4) is 0 Å². The molecule has 0 aromatic heterocycles. The topological polar surface area (TPSA) is 87.8 Å². The SMILES string of the molecule is CCN1CCCC1CN=C(N)NCCS(=O)(=O)CC.I. The molecule has 0 aromatic carbocycles. The first kappa shape index (κ1) is 19.9. The number of aliphatic imine (C=N–C) groups is 1. The van der Waals surface area contributed by atoms with Gasteiger partial charge in [-0.25, -0.2) is 8.42 Å². The Balaban J connectivity index is 0.00000361. The predicted molar refractivity (Wildman–Crippen MR) is 94.5 cm³/mol. The Morgan fingerprint density at radius 1 is 1.45 bits per heavy atom. The molecule has 20 heavy (non-hydrogen) atoms. The maximum absolute atomic E-state index is 11.3. The van der Waals surface area contributed by atoms with Crippen LogP contribution in [0.25, 0.3) is 0 Å². The average molecular weight is 418 g/mol. The summed E-state index contributed by atoms with van der Waals surface area (Å²) in [5.74, 6) is 0.609. The molecule has 1 aliphatic heterocycles. The summed E-state index contributed by atoms with van der Waals surface area (Å²) < 4.78 is 22.6. The minimum atomic E-state index is -2.94. The van der Waals surface area contributed by atoms with Crippen LogP contribution in [0.15, 0.2) is 4.99 Å². The zero-order valence-electron chi connectivity index (χ0n) is 12.3. The molecule has 0 bridgehead atoms. The van der Waals surface area contributed by atoms with Gasteiger partial charge < -0.3 is 11.1 Å². The fourth-order valence-electron chi connectivity index (χ4n) is 2.26. The quantitative estimate of drug-likeness (QED) is 0.356. The minimum absolute atomic E-state index is 0. The van der Waals surface area contributed by atoms with E-state index in [4.69, 9.17) is 5.73 Å². The van der Waals surface area contributed by atoms with Crippen molar-refractivity contribution in [2.24, 2.45) is 10.7 Å². The molecule has 1 saturated heterocycles. The molecule has 3 N–H and O–H groups in total. The number of hydrogen-bond donors (Lipinski definition) is 2. The summed E-state index contributed by atoms with van der Waals surface area (Å²) >= 11 is 0. The van der Waals surface area contributed by atoms with Crippen LogP contribution in [0, 0.1) is 0 Å². The molecule has 0 aromatic rings. The Morgan fingerprint density at radius 2 is 2.15 bits per heavy atom. The van der Waals surface area contributed by atoms with Gasteiger partial charge >= 0.3 is 0 Å². The van der Waals surface area contributed by atoms with Gasteiger partial charge in [-0.15, -0.1) is 24.0 Å². The summed E-state index contributed by atoms with van der Waals surface area (Å²) in [5, 5.41) is 2.86. The normalized spacial score (nSPS) is 20.7. The lowest BCUT2D eigenvalue weighted by molar-refractivity contribution is 0.273.